The van der Waals surface area contributed by atoms with Gasteiger partial charge in [0.2, 0.25) is 0 Å². The Hall–Kier alpha value is -1.96. The molecule has 1 aromatic rings. The summed E-state index contributed by atoms with van der Waals surface area (Å²) in [4.78, 5) is 23.5. The van der Waals surface area contributed by atoms with Gasteiger partial charge in [0.05, 0.1) is 6.54 Å². The zero-order valence-corrected chi connectivity index (χ0v) is 8.44. The number of carboxylic acids is 1. The zero-order valence-electron chi connectivity index (χ0n) is 8.44. The van der Waals surface area contributed by atoms with E-state index in [-0.39, 0.29) is 12.3 Å². The van der Waals surface area contributed by atoms with E-state index in [0.717, 1.165) is 0 Å². The number of halogens is 3. The van der Waals surface area contributed by atoms with E-state index in [2.05, 4.69) is 4.98 Å². The molecule has 0 atom stereocenters. The Balaban J connectivity index is 0.000000325. The predicted octanol–water partition coefficient (Wildman–Crippen LogP) is 0.856. The third-order valence-corrected chi connectivity index (χ3v) is 1.41. The lowest BCUT2D eigenvalue weighted by Crippen LogP contribution is -2.21. The molecule has 8 heteroatoms. The van der Waals surface area contributed by atoms with Crippen molar-refractivity contribution in [3.8, 4) is 0 Å². The van der Waals surface area contributed by atoms with Gasteiger partial charge in [-0.2, -0.15) is 13.2 Å². The fourth-order valence-electron chi connectivity index (χ4n) is 0.646. The van der Waals surface area contributed by atoms with E-state index in [1.54, 1.807) is 18.3 Å². The smallest absolute Gasteiger partial charge is 0.475 e. The first-order valence-corrected chi connectivity index (χ1v) is 4.22. The average molecular weight is 250 g/mol. The minimum atomic E-state index is -5.08. The molecule has 0 bridgehead atoms. The molecule has 0 aliphatic rings. The third-order valence-electron chi connectivity index (χ3n) is 1.41. The average Bonchev–Trinajstić information content (AvgIpc) is 2.28. The number of aromatic nitrogens is 1. The van der Waals surface area contributed by atoms with E-state index in [1.807, 2.05) is 0 Å². The maximum Gasteiger partial charge on any atom is 0.490 e. The molecule has 1 heterocycles. The number of ketones is 1. The van der Waals surface area contributed by atoms with Gasteiger partial charge in [0, 0.05) is 18.0 Å². The molecule has 0 saturated carbocycles. The Morgan fingerprint density at radius 3 is 2.24 bits per heavy atom. The molecule has 0 aromatic carbocycles. The van der Waals surface area contributed by atoms with E-state index >= 15 is 0 Å². The quantitative estimate of drug-likeness (QED) is 0.759. The maximum absolute atomic E-state index is 10.8. The topological polar surface area (TPSA) is 93.3 Å². The summed E-state index contributed by atoms with van der Waals surface area (Å²) in [5, 5.41) is 7.12. The van der Waals surface area contributed by atoms with Crippen LogP contribution >= 0.6 is 0 Å². The molecule has 0 spiro atoms. The second kappa shape index (κ2) is 6.59. The van der Waals surface area contributed by atoms with Crippen LogP contribution in [0.1, 0.15) is 10.4 Å². The van der Waals surface area contributed by atoms with E-state index < -0.39 is 12.1 Å². The number of rotatable bonds is 2. The second-order valence-corrected chi connectivity index (χ2v) is 2.67. The molecule has 3 N–H and O–H groups in total. The van der Waals surface area contributed by atoms with Crippen molar-refractivity contribution < 1.29 is 27.9 Å². The van der Waals surface area contributed by atoms with Gasteiger partial charge in [-0.15, -0.1) is 0 Å². The maximum atomic E-state index is 10.8. The van der Waals surface area contributed by atoms with Crippen molar-refractivity contribution >= 4 is 11.8 Å². The molecule has 0 unspecified atom stereocenters. The number of pyridine rings is 1. The Morgan fingerprint density at radius 2 is 1.94 bits per heavy atom. The largest absolute Gasteiger partial charge is 0.490 e. The summed E-state index contributed by atoms with van der Waals surface area (Å²) in [5.74, 6) is -2.83. The fraction of sp³-hybridized carbons (Fsp3) is 0.222. The Kier molecular flexibility index (Phi) is 5.83. The summed E-state index contributed by atoms with van der Waals surface area (Å²) in [6, 6.07) is 3.41. The minimum Gasteiger partial charge on any atom is -0.475 e. The van der Waals surface area contributed by atoms with Crippen LogP contribution in [0, 0.1) is 0 Å². The predicted molar refractivity (Wildman–Crippen MR) is 51.3 cm³/mol. The molecule has 0 amide bonds. The number of nitrogens with zero attached hydrogens (tertiary/aromatic N) is 1. The number of nitrogens with two attached hydrogens (primary N) is 1. The highest BCUT2D eigenvalue weighted by molar-refractivity contribution is 5.97. The Morgan fingerprint density at radius 1 is 1.41 bits per heavy atom. The van der Waals surface area contributed by atoms with Crippen LogP contribution in [-0.2, 0) is 4.79 Å². The molecule has 1 rings (SSSR count). The number of alkyl halides is 3. The van der Waals surface area contributed by atoms with Crippen molar-refractivity contribution in [1.82, 2.24) is 4.98 Å². The Labute approximate surface area is 94.1 Å². The van der Waals surface area contributed by atoms with E-state index in [9.17, 15) is 18.0 Å². The van der Waals surface area contributed by atoms with Gasteiger partial charge in [0.25, 0.3) is 0 Å². The molecular weight excluding hydrogens is 241 g/mol. The Bertz CT molecular complexity index is 379. The van der Waals surface area contributed by atoms with Crippen molar-refractivity contribution in [3.05, 3.63) is 30.1 Å². The summed E-state index contributed by atoms with van der Waals surface area (Å²) < 4.78 is 31.7. The first-order chi connectivity index (χ1) is 7.79. The van der Waals surface area contributed by atoms with Crippen LogP contribution in [0.4, 0.5) is 13.2 Å². The van der Waals surface area contributed by atoms with Gasteiger partial charge in [-0.1, -0.05) is 0 Å². The number of hydrogen-bond donors (Lipinski definition) is 2. The van der Waals surface area contributed by atoms with Gasteiger partial charge < -0.3 is 10.8 Å². The molecule has 0 radical (unpaired) electrons. The van der Waals surface area contributed by atoms with Crippen LogP contribution in [-0.4, -0.2) is 34.6 Å². The standard InChI is InChI=1S/C7H8N2O.C2HF3O2/c8-4-7(10)6-2-1-3-9-5-6;3-2(4,5)1(6)7/h1-3,5H,4,8H2;(H,6,7). The van der Waals surface area contributed by atoms with Crippen LogP contribution < -0.4 is 5.73 Å². The molecule has 94 valence electrons. The molecule has 0 aliphatic heterocycles. The van der Waals surface area contributed by atoms with E-state index in [1.165, 1.54) is 6.20 Å². The highest BCUT2D eigenvalue weighted by Gasteiger charge is 2.38. The lowest BCUT2D eigenvalue weighted by atomic mass is 10.2. The summed E-state index contributed by atoms with van der Waals surface area (Å²) in [6.07, 6.45) is -1.96. The summed E-state index contributed by atoms with van der Waals surface area (Å²) >= 11 is 0. The molecule has 0 saturated heterocycles. The van der Waals surface area contributed by atoms with Gasteiger partial charge >= 0.3 is 12.1 Å². The molecule has 5 nitrogen and oxygen atoms in total. The lowest BCUT2D eigenvalue weighted by Gasteiger charge is -1.93. The summed E-state index contributed by atoms with van der Waals surface area (Å²) in [6.45, 7) is 0.0473. The number of carbonyl (C=O) groups excluding carboxylic acids is 1. The fourth-order valence-corrected chi connectivity index (χ4v) is 0.646. The van der Waals surface area contributed by atoms with Crippen LogP contribution in [0.15, 0.2) is 24.5 Å². The van der Waals surface area contributed by atoms with Gasteiger partial charge in [0.1, 0.15) is 0 Å². The van der Waals surface area contributed by atoms with Crippen LogP contribution in [0.2, 0.25) is 0 Å². The number of carboxylic acid groups (broad SMARTS) is 1. The minimum absolute atomic E-state index is 0.0473. The van der Waals surface area contributed by atoms with Crippen molar-refractivity contribution in [2.45, 2.75) is 6.18 Å². The molecule has 1 aromatic heterocycles. The highest BCUT2D eigenvalue weighted by Crippen LogP contribution is 2.13. The monoisotopic (exact) mass is 250 g/mol. The van der Waals surface area contributed by atoms with Crippen molar-refractivity contribution in [1.29, 1.82) is 0 Å². The van der Waals surface area contributed by atoms with E-state index in [0.29, 0.717) is 5.56 Å². The molecular formula is C9H9F3N2O3. The van der Waals surface area contributed by atoms with Crippen molar-refractivity contribution in [2.24, 2.45) is 5.73 Å². The van der Waals surface area contributed by atoms with Crippen molar-refractivity contribution in [3.63, 3.8) is 0 Å². The SMILES string of the molecule is NCC(=O)c1cccnc1.O=C(O)C(F)(F)F. The van der Waals surface area contributed by atoms with Crippen LogP contribution in [0.5, 0.6) is 0 Å². The van der Waals surface area contributed by atoms with Gasteiger partial charge in [0.15, 0.2) is 5.78 Å². The molecule has 0 aliphatic carbocycles. The van der Waals surface area contributed by atoms with Gasteiger partial charge in [-0.05, 0) is 12.1 Å². The number of Topliss-reactive ketones (excluding diaryl/α,β-unsaturated/α-hetero) is 1. The first kappa shape index (κ1) is 15.0. The van der Waals surface area contributed by atoms with E-state index in [4.69, 9.17) is 15.6 Å². The van der Waals surface area contributed by atoms with Crippen molar-refractivity contribution in [2.75, 3.05) is 6.54 Å². The highest BCUT2D eigenvalue weighted by atomic mass is 19.4. The summed E-state index contributed by atoms with van der Waals surface area (Å²) in [5.41, 5.74) is 5.70. The zero-order chi connectivity index (χ0) is 13.5. The van der Waals surface area contributed by atoms with Crippen LogP contribution in [0.3, 0.4) is 0 Å². The number of hydrogen-bond acceptors (Lipinski definition) is 4. The van der Waals surface area contributed by atoms with Gasteiger partial charge in [-0.3, -0.25) is 9.78 Å². The number of carbonyl (C=O) groups is 2. The lowest BCUT2D eigenvalue weighted by molar-refractivity contribution is -0.192. The summed E-state index contributed by atoms with van der Waals surface area (Å²) in [7, 11) is 0. The van der Waals surface area contributed by atoms with Crippen LogP contribution in [0.25, 0.3) is 0 Å². The normalized spacial score (nSPS) is 10.1. The molecule has 0 fully saturated rings. The number of aliphatic carboxylic acids is 1. The first-order valence-electron chi connectivity index (χ1n) is 4.22. The van der Waals surface area contributed by atoms with Gasteiger partial charge in [-0.25, -0.2) is 4.79 Å². The second-order valence-electron chi connectivity index (χ2n) is 2.67. The third kappa shape index (κ3) is 6.25. The molecule has 17 heavy (non-hydrogen) atoms.